The van der Waals surface area contributed by atoms with Gasteiger partial charge in [0.1, 0.15) is 0 Å². The maximum Gasteiger partial charge on any atom is 0.335 e. The summed E-state index contributed by atoms with van der Waals surface area (Å²) in [4.78, 5) is 24.5. The molecule has 1 N–H and O–H groups in total. The molecule has 0 fully saturated rings. The van der Waals surface area contributed by atoms with E-state index in [0.29, 0.717) is 12.3 Å². The standard InChI is InChI=1S/C13H15NO3S/c1-18-8-12(15)14-5-4-9-2-3-10(13(16)17)6-11(9)7-14/h2-3,6H,4-5,7-8H2,1H3,(H,16,17). The second kappa shape index (κ2) is 5.44. The van der Waals surface area contributed by atoms with Gasteiger partial charge >= 0.3 is 5.97 Å². The van der Waals surface area contributed by atoms with E-state index in [1.54, 1.807) is 17.0 Å². The second-order valence-corrected chi connectivity index (χ2v) is 5.15. The summed E-state index contributed by atoms with van der Waals surface area (Å²) < 4.78 is 0. The SMILES string of the molecule is CSCC(=O)N1CCc2ccc(C(=O)O)cc2C1. The molecule has 0 radical (unpaired) electrons. The van der Waals surface area contributed by atoms with Gasteiger partial charge in [-0.1, -0.05) is 6.07 Å². The third kappa shape index (κ3) is 2.67. The first kappa shape index (κ1) is 13.0. The lowest BCUT2D eigenvalue weighted by atomic mass is 9.97. The lowest BCUT2D eigenvalue weighted by molar-refractivity contribution is -0.129. The summed E-state index contributed by atoms with van der Waals surface area (Å²) in [6, 6.07) is 5.16. The Morgan fingerprint density at radius 2 is 2.17 bits per heavy atom. The fraction of sp³-hybridized carbons (Fsp3) is 0.385. The van der Waals surface area contributed by atoms with Gasteiger partial charge in [-0.25, -0.2) is 4.79 Å². The first-order valence-electron chi connectivity index (χ1n) is 5.73. The van der Waals surface area contributed by atoms with Gasteiger partial charge in [-0.2, -0.15) is 11.8 Å². The zero-order valence-corrected chi connectivity index (χ0v) is 11.0. The molecule has 0 aliphatic carbocycles. The van der Waals surface area contributed by atoms with Crippen LogP contribution in [0, 0.1) is 0 Å². The monoisotopic (exact) mass is 265 g/mol. The van der Waals surface area contributed by atoms with E-state index in [0.717, 1.165) is 24.1 Å². The van der Waals surface area contributed by atoms with E-state index in [9.17, 15) is 9.59 Å². The number of fused-ring (bicyclic) bond motifs is 1. The number of hydrogen-bond acceptors (Lipinski definition) is 3. The Balaban J connectivity index is 2.19. The highest BCUT2D eigenvalue weighted by Crippen LogP contribution is 2.21. The largest absolute Gasteiger partial charge is 0.478 e. The summed E-state index contributed by atoms with van der Waals surface area (Å²) in [5.74, 6) is -0.326. The predicted octanol–water partition coefficient (Wildman–Crippen LogP) is 1.63. The highest BCUT2D eigenvalue weighted by molar-refractivity contribution is 7.99. The molecule has 1 amide bonds. The van der Waals surface area contributed by atoms with E-state index >= 15 is 0 Å². The molecule has 0 saturated carbocycles. The number of hydrogen-bond donors (Lipinski definition) is 1. The van der Waals surface area contributed by atoms with E-state index in [1.807, 2.05) is 12.3 Å². The lowest BCUT2D eigenvalue weighted by Crippen LogP contribution is -2.37. The minimum absolute atomic E-state index is 0.119. The zero-order chi connectivity index (χ0) is 13.1. The van der Waals surface area contributed by atoms with E-state index < -0.39 is 5.97 Å². The average molecular weight is 265 g/mol. The quantitative estimate of drug-likeness (QED) is 0.902. The van der Waals surface area contributed by atoms with Crippen molar-refractivity contribution in [1.82, 2.24) is 4.90 Å². The Morgan fingerprint density at radius 1 is 1.39 bits per heavy atom. The molecule has 5 heteroatoms. The molecule has 1 heterocycles. The number of carboxylic acids is 1. The van der Waals surface area contributed by atoms with Crippen molar-refractivity contribution in [1.29, 1.82) is 0 Å². The normalized spacial score (nSPS) is 14.2. The molecule has 0 bridgehead atoms. The van der Waals surface area contributed by atoms with Crippen molar-refractivity contribution >= 4 is 23.6 Å². The molecule has 0 spiro atoms. The predicted molar refractivity (Wildman–Crippen MR) is 70.9 cm³/mol. The summed E-state index contributed by atoms with van der Waals surface area (Å²) in [6.45, 7) is 1.24. The summed E-state index contributed by atoms with van der Waals surface area (Å²) in [6.07, 6.45) is 2.70. The van der Waals surface area contributed by atoms with Gasteiger partial charge in [0, 0.05) is 13.1 Å². The second-order valence-electron chi connectivity index (χ2n) is 4.29. The topological polar surface area (TPSA) is 57.6 Å². The first-order valence-corrected chi connectivity index (χ1v) is 7.13. The third-order valence-electron chi connectivity index (χ3n) is 3.09. The van der Waals surface area contributed by atoms with E-state index in [2.05, 4.69) is 0 Å². The smallest absolute Gasteiger partial charge is 0.335 e. The number of nitrogens with zero attached hydrogens (tertiary/aromatic N) is 1. The number of aromatic carboxylic acids is 1. The van der Waals surface area contributed by atoms with E-state index in [-0.39, 0.29) is 11.5 Å². The molecule has 0 unspecified atom stereocenters. The highest BCUT2D eigenvalue weighted by atomic mass is 32.2. The minimum Gasteiger partial charge on any atom is -0.478 e. The molecule has 1 aliphatic heterocycles. The average Bonchev–Trinajstić information content (AvgIpc) is 2.37. The minimum atomic E-state index is -0.926. The fourth-order valence-electron chi connectivity index (χ4n) is 2.12. The Kier molecular flexibility index (Phi) is 3.91. The van der Waals surface area contributed by atoms with Crippen LogP contribution in [-0.4, -0.2) is 40.4 Å². The highest BCUT2D eigenvalue weighted by Gasteiger charge is 2.21. The molecule has 0 saturated heterocycles. The van der Waals surface area contributed by atoms with Crippen molar-refractivity contribution in [3.63, 3.8) is 0 Å². The van der Waals surface area contributed by atoms with E-state index in [4.69, 9.17) is 5.11 Å². The van der Waals surface area contributed by atoms with Crippen LogP contribution in [0.25, 0.3) is 0 Å². The van der Waals surface area contributed by atoms with Crippen molar-refractivity contribution < 1.29 is 14.7 Å². The Labute approximate surface area is 110 Å². The Hall–Kier alpha value is -1.49. The summed E-state index contributed by atoms with van der Waals surface area (Å²) in [7, 11) is 0. The molecule has 18 heavy (non-hydrogen) atoms. The van der Waals surface area contributed by atoms with Crippen molar-refractivity contribution in [2.75, 3.05) is 18.6 Å². The summed E-state index contributed by atoms with van der Waals surface area (Å²) >= 11 is 1.51. The van der Waals surface area contributed by atoms with Gasteiger partial charge in [0.05, 0.1) is 11.3 Å². The van der Waals surface area contributed by atoms with Gasteiger partial charge in [-0.05, 0) is 35.9 Å². The zero-order valence-electron chi connectivity index (χ0n) is 10.2. The van der Waals surface area contributed by atoms with E-state index in [1.165, 1.54) is 11.8 Å². The summed E-state index contributed by atoms with van der Waals surface area (Å²) in [5, 5.41) is 8.96. The summed E-state index contributed by atoms with van der Waals surface area (Å²) in [5.41, 5.74) is 2.39. The molecule has 1 aromatic carbocycles. The molecular weight excluding hydrogens is 250 g/mol. The van der Waals surface area contributed by atoms with Crippen molar-refractivity contribution in [2.45, 2.75) is 13.0 Å². The number of carbonyl (C=O) groups excluding carboxylic acids is 1. The lowest BCUT2D eigenvalue weighted by Gasteiger charge is -2.29. The van der Waals surface area contributed by atoms with Gasteiger partial charge in [-0.3, -0.25) is 4.79 Å². The maximum atomic E-state index is 11.8. The number of benzene rings is 1. The van der Waals surface area contributed by atoms with Crippen LogP contribution in [0.5, 0.6) is 0 Å². The van der Waals surface area contributed by atoms with Crippen LogP contribution in [0.15, 0.2) is 18.2 Å². The number of thioether (sulfide) groups is 1. The van der Waals surface area contributed by atoms with Gasteiger partial charge in [0.25, 0.3) is 0 Å². The fourth-order valence-corrected chi connectivity index (χ4v) is 2.55. The third-order valence-corrected chi connectivity index (χ3v) is 3.62. The maximum absolute atomic E-state index is 11.8. The van der Waals surface area contributed by atoms with Crippen LogP contribution in [0.3, 0.4) is 0 Å². The molecule has 1 aliphatic rings. The molecule has 96 valence electrons. The molecular formula is C13H15NO3S. The van der Waals surface area contributed by atoms with Crippen LogP contribution in [0.4, 0.5) is 0 Å². The van der Waals surface area contributed by atoms with Crippen LogP contribution < -0.4 is 0 Å². The number of amides is 1. The molecule has 0 aromatic heterocycles. The number of carboxylic acid groups (broad SMARTS) is 1. The van der Waals surface area contributed by atoms with Crippen LogP contribution in [0.1, 0.15) is 21.5 Å². The van der Waals surface area contributed by atoms with Gasteiger partial charge in [0.2, 0.25) is 5.91 Å². The van der Waals surface area contributed by atoms with Crippen LogP contribution in [0.2, 0.25) is 0 Å². The number of rotatable bonds is 3. The Morgan fingerprint density at radius 3 is 2.83 bits per heavy atom. The van der Waals surface area contributed by atoms with Crippen LogP contribution in [-0.2, 0) is 17.8 Å². The van der Waals surface area contributed by atoms with Crippen molar-refractivity contribution in [2.24, 2.45) is 0 Å². The Bertz CT molecular complexity index is 487. The molecule has 1 aromatic rings. The number of carbonyl (C=O) groups is 2. The first-order chi connectivity index (χ1) is 8.61. The van der Waals surface area contributed by atoms with Gasteiger partial charge in [-0.15, -0.1) is 0 Å². The van der Waals surface area contributed by atoms with Gasteiger partial charge in [0.15, 0.2) is 0 Å². The molecule has 0 atom stereocenters. The van der Waals surface area contributed by atoms with Gasteiger partial charge < -0.3 is 10.0 Å². The van der Waals surface area contributed by atoms with Crippen molar-refractivity contribution in [3.05, 3.63) is 34.9 Å². The molecule has 2 rings (SSSR count). The van der Waals surface area contributed by atoms with Crippen LogP contribution >= 0.6 is 11.8 Å². The van der Waals surface area contributed by atoms with Crippen molar-refractivity contribution in [3.8, 4) is 0 Å². The molecule has 4 nitrogen and oxygen atoms in total.